The number of amides is 1. The Hall–Kier alpha value is -1.63. The molecule has 2 N–H and O–H groups in total. The number of carboxylic acid groups (broad SMARTS) is 1. The van der Waals surface area contributed by atoms with Crippen molar-refractivity contribution in [3.8, 4) is 0 Å². The summed E-state index contributed by atoms with van der Waals surface area (Å²) >= 11 is 1.69. The van der Waals surface area contributed by atoms with Gasteiger partial charge in [0.05, 0.1) is 11.1 Å². The Kier molecular flexibility index (Phi) is 6.44. The maximum absolute atomic E-state index is 13.1. The van der Waals surface area contributed by atoms with Crippen LogP contribution in [-0.2, 0) is 0 Å². The standard InChI is InChI=1S/C13H15F2NO3S/c1-20-5-3-2-4-16-12(17)8-6-10(14)11(15)7-9(8)13(18)19/h6-7H,2-5H2,1H3,(H,16,17)(H,18,19). The molecule has 4 nitrogen and oxygen atoms in total. The minimum absolute atomic E-state index is 0.359. The summed E-state index contributed by atoms with van der Waals surface area (Å²) in [5.41, 5.74) is -0.924. The molecule has 1 aromatic carbocycles. The molecule has 0 fully saturated rings. The summed E-state index contributed by atoms with van der Waals surface area (Å²) in [6.07, 6.45) is 3.61. The number of hydrogen-bond acceptors (Lipinski definition) is 3. The number of nitrogens with one attached hydrogen (secondary N) is 1. The SMILES string of the molecule is CSCCCCNC(=O)c1cc(F)c(F)cc1C(=O)O. The third kappa shape index (κ3) is 4.48. The fourth-order valence-corrected chi connectivity index (χ4v) is 2.07. The van der Waals surface area contributed by atoms with Crippen molar-refractivity contribution < 1.29 is 23.5 Å². The molecule has 0 radical (unpaired) electrons. The van der Waals surface area contributed by atoms with E-state index in [1.165, 1.54) is 0 Å². The van der Waals surface area contributed by atoms with E-state index in [4.69, 9.17) is 5.11 Å². The van der Waals surface area contributed by atoms with Crippen LogP contribution >= 0.6 is 11.8 Å². The van der Waals surface area contributed by atoms with Gasteiger partial charge in [0, 0.05) is 6.54 Å². The molecule has 110 valence electrons. The van der Waals surface area contributed by atoms with Gasteiger partial charge in [-0.25, -0.2) is 13.6 Å². The van der Waals surface area contributed by atoms with Crippen molar-refractivity contribution in [1.29, 1.82) is 0 Å². The van der Waals surface area contributed by atoms with E-state index in [2.05, 4.69) is 5.32 Å². The number of hydrogen-bond donors (Lipinski definition) is 2. The van der Waals surface area contributed by atoms with Crippen LogP contribution in [0.2, 0.25) is 0 Å². The van der Waals surface area contributed by atoms with Crippen LogP contribution in [0, 0.1) is 11.6 Å². The first-order chi connectivity index (χ1) is 9.47. The molecule has 20 heavy (non-hydrogen) atoms. The first-order valence-corrected chi connectivity index (χ1v) is 7.36. The smallest absolute Gasteiger partial charge is 0.336 e. The highest BCUT2D eigenvalue weighted by atomic mass is 32.2. The average molecular weight is 303 g/mol. The van der Waals surface area contributed by atoms with Crippen LogP contribution in [0.5, 0.6) is 0 Å². The molecule has 0 heterocycles. The third-order valence-corrected chi connectivity index (χ3v) is 3.29. The second-order valence-corrected chi connectivity index (χ2v) is 5.06. The van der Waals surface area contributed by atoms with Gasteiger partial charge >= 0.3 is 5.97 Å². The lowest BCUT2D eigenvalue weighted by Crippen LogP contribution is -2.26. The van der Waals surface area contributed by atoms with Crippen LogP contribution in [0.25, 0.3) is 0 Å². The predicted octanol–water partition coefficient (Wildman–Crippen LogP) is 2.54. The quantitative estimate of drug-likeness (QED) is 0.760. The Labute approximate surface area is 119 Å². The molecule has 0 unspecified atom stereocenters. The van der Waals surface area contributed by atoms with E-state index >= 15 is 0 Å². The molecule has 0 saturated carbocycles. The van der Waals surface area contributed by atoms with Gasteiger partial charge in [0.25, 0.3) is 5.91 Å². The van der Waals surface area contributed by atoms with Crippen molar-refractivity contribution in [2.45, 2.75) is 12.8 Å². The number of halogens is 2. The summed E-state index contributed by atoms with van der Waals surface area (Å²) in [7, 11) is 0. The fraction of sp³-hybridized carbons (Fsp3) is 0.385. The zero-order chi connectivity index (χ0) is 15.1. The average Bonchev–Trinajstić information content (AvgIpc) is 2.40. The van der Waals surface area contributed by atoms with Gasteiger partial charge in [-0.2, -0.15) is 11.8 Å². The summed E-state index contributed by atoms with van der Waals surface area (Å²) in [6.45, 7) is 0.359. The Morgan fingerprint density at radius 1 is 1.20 bits per heavy atom. The molecule has 0 aromatic heterocycles. The van der Waals surface area contributed by atoms with Crippen molar-refractivity contribution in [3.05, 3.63) is 34.9 Å². The van der Waals surface area contributed by atoms with Gasteiger partial charge in [-0.1, -0.05) is 0 Å². The van der Waals surface area contributed by atoms with E-state index in [1.54, 1.807) is 11.8 Å². The van der Waals surface area contributed by atoms with E-state index < -0.39 is 29.1 Å². The summed E-state index contributed by atoms with van der Waals surface area (Å²) in [6, 6.07) is 1.12. The van der Waals surface area contributed by atoms with Crippen molar-refractivity contribution in [3.63, 3.8) is 0 Å². The monoisotopic (exact) mass is 303 g/mol. The van der Waals surface area contributed by atoms with Crippen LogP contribution in [0.1, 0.15) is 33.6 Å². The van der Waals surface area contributed by atoms with Gasteiger partial charge < -0.3 is 10.4 Å². The maximum atomic E-state index is 13.1. The maximum Gasteiger partial charge on any atom is 0.336 e. The van der Waals surface area contributed by atoms with E-state index in [0.717, 1.165) is 18.6 Å². The fourth-order valence-electron chi connectivity index (χ4n) is 1.58. The van der Waals surface area contributed by atoms with E-state index in [0.29, 0.717) is 18.7 Å². The van der Waals surface area contributed by atoms with Gasteiger partial charge in [0.2, 0.25) is 0 Å². The van der Waals surface area contributed by atoms with Crippen LogP contribution in [0.15, 0.2) is 12.1 Å². The van der Waals surface area contributed by atoms with Crippen LogP contribution < -0.4 is 5.32 Å². The lowest BCUT2D eigenvalue weighted by molar-refractivity contribution is 0.0690. The number of thioether (sulfide) groups is 1. The minimum atomic E-state index is -1.48. The molecule has 0 bridgehead atoms. The zero-order valence-electron chi connectivity index (χ0n) is 10.9. The number of benzene rings is 1. The minimum Gasteiger partial charge on any atom is -0.478 e. The third-order valence-electron chi connectivity index (χ3n) is 2.60. The first kappa shape index (κ1) is 16.4. The van der Waals surface area contributed by atoms with Gasteiger partial charge in [-0.05, 0) is 37.0 Å². The van der Waals surface area contributed by atoms with E-state index in [9.17, 15) is 18.4 Å². The van der Waals surface area contributed by atoms with Crippen LogP contribution in [-0.4, -0.2) is 35.5 Å². The highest BCUT2D eigenvalue weighted by Gasteiger charge is 2.20. The summed E-state index contributed by atoms with van der Waals surface area (Å²) in [5, 5.41) is 11.4. The Morgan fingerprint density at radius 3 is 2.35 bits per heavy atom. The number of unbranched alkanes of at least 4 members (excludes halogenated alkanes) is 1. The molecular weight excluding hydrogens is 288 g/mol. The molecule has 0 aliphatic carbocycles. The largest absolute Gasteiger partial charge is 0.478 e. The summed E-state index contributed by atoms with van der Waals surface area (Å²) in [4.78, 5) is 22.7. The van der Waals surface area contributed by atoms with Gasteiger partial charge in [-0.3, -0.25) is 4.79 Å². The van der Waals surface area contributed by atoms with Gasteiger partial charge in [0.1, 0.15) is 0 Å². The number of carboxylic acids is 1. The number of rotatable bonds is 7. The molecule has 1 rings (SSSR count). The molecule has 7 heteroatoms. The zero-order valence-corrected chi connectivity index (χ0v) is 11.7. The molecule has 1 aromatic rings. The normalized spacial score (nSPS) is 10.3. The Bertz CT molecular complexity index is 509. The number of aromatic carboxylic acids is 1. The molecule has 0 spiro atoms. The highest BCUT2D eigenvalue weighted by molar-refractivity contribution is 7.98. The van der Waals surface area contributed by atoms with Crippen molar-refractivity contribution in [1.82, 2.24) is 5.32 Å². The number of carbonyl (C=O) groups is 2. The van der Waals surface area contributed by atoms with Crippen molar-refractivity contribution in [2.75, 3.05) is 18.6 Å². The lowest BCUT2D eigenvalue weighted by Gasteiger charge is -2.08. The highest BCUT2D eigenvalue weighted by Crippen LogP contribution is 2.15. The summed E-state index contributed by atoms with van der Waals surface area (Å²) in [5.74, 6) is -3.77. The molecule has 0 aliphatic rings. The number of carbonyl (C=O) groups excluding carboxylic acids is 1. The Morgan fingerprint density at radius 2 is 1.80 bits per heavy atom. The van der Waals surface area contributed by atoms with Crippen LogP contribution in [0.3, 0.4) is 0 Å². The second-order valence-electron chi connectivity index (χ2n) is 4.07. The Balaban J connectivity index is 2.76. The molecule has 0 saturated heterocycles. The van der Waals surface area contributed by atoms with Gasteiger partial charge in [-0.15, -0.1) is 0 Å². The first-order valence-electron chi connectivity index (χ1n) is 5.96. The molecule has 0 aliphatic heterocycles. The van der Waals surface area contributed by atoms with E-state index in [-0.39, 0.29) is 5.56 Å². The van der Waals surface area contributed by atoms with Crippen molar-refractivity contribution >= 4 is 23.6 Å². The predicted molar refractivity (Wildman–Crippen MR) is 73.3 cm³/mol. The lowest BCUT2D eigenvalue weighted by atomic mass is 10.1. The van der Waals surface area contributed by atoms with Crippen LogP contribution in [0.4, 0.5) is 8.78 Å². The van der Waals surface area contributed by atoms with E-state index in [1.807, 2.05) is 6.26 Å². The van der Waals surface area contributed by atoms with Crippen molar-refractivity contribution in [2.24, 2.45) is 0 Å². The molecule has 1 amide bonds. The summed E-state index contributed by atoms with van der Waals surface area (Å²) < 4.78 is 26.1. The van der Waals surface area contributed by atoms with Gasteiger partial charge in [0.15, 0.2) is 11.6 Å². The molecular formula is C13H15F2NO3S. The second kappa shape index (κ2) is 7.84. The molecule has 0 atom stereocenters. The topological polar surface area (TPSA) is 66.4 Å².